The van der Waals surface area contributed by atoms with Crippen molar-refractivity contribution in [1.29, 1.82) is 5.41 Å². The maximum atomic E-state index is 8.58. The molecule has 1 fully saturated rings. The number of hydrogen-bond donors (Lipinski definition) is 1. The molecule has 25 heavy (non-hydrogen) atoms. The molecular formula is C21H31N3O. The van der Waals surface area contributed by atoms with Gasteiger partial charge in [-0.15, -0.1) is 0 Å². The van der Waals surface area contributed by atoms with Gasteiger partial charge in [-0.1, -0.05) is 13.5 Å². The predicted molar refractivity (Wildman–Crippen MR) is 104 cm³/mol. The summed E-state index contributed by atoms with van der Waals surface area (Å²) in [6.45, 7) is 14.3. The first-order valence-corrected chi connectivity index (χ1v) is 9.68. The second-order valence-corrected chi connectivity index (χ2v) is 6.98. The Hall–Kier alpha value is -1.81. The summed E-state index contributed by atoms with van der Waals surface area (Å²) in [5, 5.41) is 8.58. The molecule has 3 rings (SSSR count). The molecule has 1 atom stereocenters. The molecule has 0 saturated carbocycles. The Bertz CT molecular complexity index is 657. The standard InChI is InChI=1S/C21H31N3O/c1-5-13-24-16(4)21(12-8-9-14-25-21)18-15-17(10-11-19(18)24)20(22)23(6-2)7-3/h10-11,15,22H,4-9,12-14H2,1-3H3. The van der Waals surface area contributed by atoms with Crippen LogP contribution in [0.3, 0.4) is 0 Å². The van der Waals surface area contributed by atoms with E-state index in [1.807, 2.05) is 0 Å². The fraction of sp³-hybridized carbons (Fsp3) is 0.571. The highest BCUT2D eigenvalue weighted by atomic mass is 16.5. The molecule has 0 aromatic heterocycles. The molecule has 1 saturated heterocycles. The van der Waals surface area contributed by atoms with Gasteiger partial charge >= 0.3 is 0 Å². The number of benzene rings is 1. The molecule has 2 heterocycles. The topological polar surface area (TPSA) is 39.6 Å². The minimum absolute atomic E-state index is 0.387. The molecule has 4 heteroatoms. The first kappa shape index (κ1) is 18.0. The van der Waals surface area contributed by atoms with E-state index in [1.165, 1.54) is 11.3 Å². The Balaban J connectivity index is 2.06. The second kappa shape index (κ2) is 7.20. The lowest BCUT2D eigenvalue weighted by Crippen LogP contribution is -2.36. The molecular weight excluding hydrogens is 310 g/mol. The Morgan fingerprint density at radius 3 is 2.64 bits per heavy atom. The van der Waals surface area contributed by atoms with Gasteiger partial charge in [0.15, 0.2) is 0 Å². The second-order valence-electron chi connectivity index (χ2n) is 6.98. The van der Waals surface area contributed by atoms with E-state index in [2.05, 4.69) is 55.3 Å². The highest BCUT2D eigenvalue weighted by molar-refractivity contribution is 5.97. The van der Waals surface area contributed by atoms with E-state index < -0.39 is 0 Å². The summed E-state index contributed by atoms with van der Waals surface area (Å²) in [6, 6.07) is 6.43. The number of amidine groups is 1. The van der Waals surface area contributed by atoms with E-state index in [9.17, 15) is 0 Å². The minimum atomic E-state index is -0.387. The van der Waals surface area contributed by atoms with Crippen LogP contribution in [0.4, 0.5) is 5.69 Å². The van der Waals surface area contributed by atoms with Crippen molar-refractivity contribution in [3.05, 3.63) is 41.6 Å². The van der Waals surface area contributed by atoms with Crippen LogP contribution in [-0.2, 0) is 10.3 Å². The highest BCUT2D eigenvalue weighted by Gasteiger charge is 2.48. The first-order valence-electron chi connectivity index (χ1n) is 9.68. The zero-order valence-corrected chi connectivity index (χ0v) is 15.9. The monoisotopic (exact) mass is 341 g/mol. The number of nitrogens with zero attached hydrogens (tertiary/aromatic N) is 2. The van der Waals surface area contributed by atoms with Gasteiger partial charge in [-0.2, -0.15) is 0 Å². The predicted octanol–water partition coefficient (Wildman–Crippen LogP) is 4.49. The first-order chi connectivity index (χ1) is 12.1. The van der Waals surface area contributed by atoms with Gasteiger partial charge in [0.2, 0.25) is 0 Å². The van der Waals surface area contributed by atoms with E-state index in [1.54, 1.807) is 0 Å². The fourth-order valence-electron chi connectivity index (χ4n) is 4.20. The fourth-order valence-corrected chi connectivity index (χ4v) is 4.20. The van der Waals surface area contributed by atoms with Crippen molar-refractivity contribution in [2.45, 2.75) is 52.1 Å². The maximum absolute atomic E-state index is 8.58. The smallest absolute Gasteiger partial charge is 0.134 e. The zero-order valence-electron chi connectivity index (χ0n) is 15.9. The van der Waals surface area contributed by atoms with Gasteiger partial charge in [-0.05, 0) is 57.7 Å². The molecule has 2 aliphatic heterocycles. The molecule has 1 unspecified atom stereocenters. The largest absolute Gasteiger partial charge is 0.364 e. The van der Waals surface area contributed by atoms with Crippen molar-refractivity contribution in [1.82, 2.24) is 4.90 Å². The Kier molecular flexibility index (Phi) is 5.19. The third-order valence-corrected chi connectivity index (χ3v) is 5.59. The Morgan fingerprint density at radius 2 is 2.04 bits per heavy atom. The number of rotatable bonds is 5. The SMILES string of the molecule is C=C1N(CCC)c2ccc(C(=N)N(CC)CC)cc2C12CCCCO2. The molecule has 0 amide bonds. The van der Waals surface area contributed by atoms with Gasteiger partial charge in [0.05, 0.1) is 0 Å². The molecule has 0 radical (unpaired) electrons. The average Bonchev–Trinajstić information content (AvgIpc) is 2.86. The van der Waals surface area contributed by atoms with Crippen molar-refractivity contribution in [3.8, 4) is 0 Å². The number of ether oxygens (including phenoxy) is 1. The minimum Gasteiger partial charge on any atom is -0.364 e. The third kappa shape index (κ3) is 2.86. The summed E-state index contributed by atoms with van der Waals surface area (Å²) < 4.78 is 6.36. The van der Waals surface area contributed by atoms with Crippen LogP contribution >= 0.6 is 0 Å². The molecule has 1 N–H and O–H groups in total. The van der Waals surface area contributed by atoms with Gasteiger partial charge in [0.25, 0.3) is 0 Å². The number of fused-ring (bicyclic) bond motifs is 2. The molecule has 2 aliphatic rings. The normalized spacial score (nSPS) is 22.4. The van der Waals surface area contributed by atoms with Crippen molar-refractivity contribution in [2.75, 3.05) is 31.1 Å². The van der Waals surface area contributed by atoms with Gasteiger partial charge in [0, 0.05) is 48.8 Å². The van der Waals surface area contributed by atoms with Crippen LogP contribution in [0.1, 0.15) is 57.6 Å². The van der Waals surface area contributed by atoms with Crippen molar-refractivity contribution < 1.29 is 4.74 Å². The molecule has 1 aromatic carbocycles. The average molecular weight is 341 g/mol. The lowest BCUT2D eigenvalue weighted by molar-refractivity contribution is -0.0526. The number of anilines is 1. The van der Waals surface area contributed by atoms with Crippen LogP contribution in [0.15, 0.2) is 30.5 Å². The van der Waals surface area contributed by atoms with Crippen LogP contribution in [-0.4, -0.2) is 37.0 Å². The molecule has 4 nitrogen and oxygen atoms in total. The summed E-state index contributed by atoms with van der Waals surface area (Å²) in [6.07, 6.45) is 4.34. The van der Waals surface area contributed by atoms with E-state index >= 15 is 0 Å². The van der Waals surface area contributed by atoms with E-state index in [0.29, 0.717) is 5.84 Å². The van der Waals surface area contributed by atoms with Crippen LogP contribution in [0.5, 0.6) is 0 Å². The zero-order chi connectivity index (χ0) is 18.0. The maximum Gasteiger partial charge on any atom is 0.134 e. The van der Waals surface area contributed by atoms with Crippen LogP contribution < -0.4 is 4.90 Å². The molecule has 1 aromatic rings. The highest BCUT2D eigenvalue weighted by Crippen LogP contribution is 2.52. The Labute approximate surface area is 152 Å². The van der Waals surface area contributed by atoms with Gasteiger partial charge < -0.3 is 14.5 Å². The molecule has 0 bridgehead atoms. The van der Waals surface area contributed by atoms with Crippen molar-refractivity contribution in [3.63, 3.8) is 0 Å². The summed E-state index contributed by atoms with van der Waals surface area (Å²) >= 11 is 0. The van der Waals surface area contributed by atoms with E-state index in [-0.39, 0.29) is 5.60 Å². The quantitative estimate of drug-likeness (QED) is 0.633. The van der Waals surface area contributed by atoms with Crippen molar-refractivity contribution in [2.24, 2.45) is 0 Å². The van der Waals surface area contributed by atoms with Crippen molar-refractivity contribution >= 4 is 11.5 Å². The lowest BCUT2D eigenvalue weighted by atomic mass is 9.85. The van der Waals surface area contributed by atoms with Gasteiger partial charge in [-0.25, -0.2) is 0 Å². The van der Waals surface area contributed by atoms with Crippen LogP contribution in [0.25, 0.3) is 0 Å². The summed E-state index contributed by atoms with van der Waals surface area (Å²) in [7, 11) is 0. The third-order valence-electron chi connectivity index (χ3n) is 5.59. The molecule has 1 spiro atoms. The van der Waals surface area contributed by atoms with Crippen LogP contribution in [0.2, 0.25) is 0 Å². The molecule has 0 aliphatic carbocycles. The van der Waals surface area contributed by atoms with E-state index in [4.69, 9.17) is 10.1 Å². The number of nitrogens with one attached hydrogen (secondary N) is 1. The van der Waals surface area contributed by atoms with E-state index in [0.717, 1.165) is 63.2 Å². The van der Waals surface area contributed by atoms with Gasteiger partial charge in [0.1, 0.15) is 11.4 Å². The summed E-state index contributed by atoms with van der Waals surface area (Å²) in [5.41, 5.74) is 4.09. The van der Waals surface area contributed by atoms with Crippen LogP contribution in [0, 0.1) is 5.41 Å². The Morgan fingerprint density at radius 1 is 1.28 bits per heavy atom. The summed E-state index contributed by atoms with van der Waals surface area (Å²) in [4.78, 5) is 4.41. The number of hydrogen-bond acceptors (Lipinski definition) is 3. The lowest BCUT2D eigenvalue weighted by Gasteiger charge is -2.36. The summed E-state index contributed by atoms with van der Waals surface area (Å²) in [5.74, 6) is 0.596. The van der Waals surface area contributed by atoms with Gasteiger partial charge in [-0.3, -0.25) is 5.41 Å². The molecule has 136 valence electrons.